The third-order valence-electron chi connectivity index (χ3n) is 3.51. The van der Waals surface area contributed by atoms with E-state index in [0.717, 1.165) is 18.6 Å². The minimum absolute atomic E-state index is 0.376. The minimum Gasteiger partial charge on any atom is -0.497 e. The molecule has 0 amide bonds. The van der Waals surface area contributed by atoms with Gasteiger partial charge in [0.1, 0.15) is 5.75 Å². The van der Waals surface area contributed by atoms with Crippen molar-refractivity contribution in [1.82, 2.24) is 10.2 Å². The van der Waals surface area contributed by atoms with Crippen LogP contribution in [-0.2, 0) is 6.42 Å². The molecular formula is C17H30N2O2. The first-order valence-electron chi connectivity index (χ1n) is 7.56. The van der Waals surface area contributed by atoms with E-state index in [4.69, 9.17) is 4.74 Å². The van der Waals surface area contributed by atoms with E-state index in [0.29, 0.717) is 19.1 Å². The molecule has 0 aliphatic rings. The predicted octanol–water partition coefficient (Wildman–Crippen LogP) is 1.92. The zero-order valence-electron chi connectivity index (χ0n) is 14.0. The van der Waals surface area contributed by atoms with E-state index < -0.39 is 5.60 Å². The highest BCUT2D eigenvalue weighted by atomic mass is 16.5. The summed E-state index contributed by atoms with van der Waals surface area (Å²) < 4.78 is 5.16. The Balaban J connectivity index is 2.31. The van der Waals surface area contributed by atoms with Crippen molar-refractivity contribution in [2.45, 2.75) is 38.3 Å². The second-order valence-electron chi connectivity index (χ2n) is 6.40. The van der Waals surface area contributed by atoms with Crippen LogP contribution in [0.25, 0.3) is 0 Å². The first-order valence-corrected chi connectivity index (χ1v) is 7.56. The second kappa shape index (κ2) is 8.37. The largest absolute Gasteiger partial charge is 0.497 e. The predicted molar refractivity (Wildman–Crippen MR) is 88.0 cm³/mol. The molecule has 0 aromatic heterocycles. The molecule has 2 unspecified atom stereocenters. The summed E-state index contributed by atoms with van der Waals surface area (Å²) in [6, 6.07) is 8.58. The third kappa shape index (κ3) is 7.46. The topological polar surface area (TPSA) is 44.7 Å². The fourth-order valence-corrected chi connectivity index (χ4v) is 2.41. The second-order valence-corrected chi connectivity index (χ2v) is 6.40. The molecule has 2 N–H and O–H groups in total. The van der Waals surface area contributed by atoms with Gasteiger partial charge in [-0.2, -0.15) is 0 Å². The summed E-state index contributed by atoms with van der Waals surface area (Å²) in [6.45, 7) is 5.30. The van der Waals surface area contributed by atoms with Gasteiger partial charge in [-0.15, -0.1) is 0 Å². The molecule has 0 bridgehead atoms. The van der Waals surface area contributed by atoms with Crippen molar-refractivity contribution in [2.75, 3.05) is 34.3 Å². The quantitative estimate of drug-likeness (QED) is 0.730. The van der Waals surface area contributed by atoms with E-state index in [1.165, 1.54) is 5.56 Å². The van der Waals surface area contributed by atoms with Crippen molar-refractivity contribution in [1.29, 1.82) is 0 Å². The Labute approximate surface area is 129 Å². The minimum atomic E-state index is -0.697. The van der Waals surface area contributed by atoms with Gasteiger partial charge in [-0.3, -0.25) is 0 Å². The van der Waals surface area contributed by atoms with Crippen molar-refractivity contribution in [3.05, 3.63) is 29.8 Å². The van der Waals surface area contributed by atoms with Crippen molar-refractivity contribution < 1.29 is 9.84 Å². The Morgan fingerprint density at radius 2 is 1.90 bits per heavy atom. The van der Waals surface area contributed by atoms with E-state index >= 15 is 0 Å². The SMILES string of the molecule is COc1ccc(CCC(C)NCC(C)(O)CN(C)C)cc1. The number of hydrogen-bond acceptors (Lipinski definition) is 4. The van der Waals surface area contributed by atoms with Gasteiger partial charge in [0, 0.05) is 19.1 Å². The van der Waals surface area contributed by atoms with Gasteiger partial charge in [0.15, 0.2) is 0 Å². The number of likely N-dealkylation sites (N-methyl/N-ethyl adjacent to an activating group) is 1. The van der Waals surface area contributed by atoms with Crippen LogP contribution in [0.4, 0.5) is 0 Å². The van der Waals surface area contributed by atoms with Gasteiger partial charge >= 0.3 is 0 Å². The fourth-order valence-electron chi connectivity index (χ4n) is 2.41. The number of aliphatic hydroxyl groups is 1. The maximum atomic E-state index is 10.3. The van der Waals surface area contributed by atoms with E-state index in [1.807, 2.05) is 38.1 Å². The van der Waals surface area contributed by atoms with Crippen molar-refractivity contribution >= 4 is 0 Å². The van der Waals surface area contributed by atoms with Crippen molar-refractivity contribution in [2.24, 2.45) is 0 Å². The molecule has 2 atom stereocenters. The van der Waals surface area contributed by atoms with Crippen molar-refractivity contribution in [3.63, 3.8) is 0 Å². The average molecular weight is 294 g/mol. The number of aryl methyl sites for hydroxylation is 1. The highest BCUT2D eigenvalue weighted by molar-refractivity contribution is 5.27. The number of benzene rings is 1. The highest BCUT2D eigenvalue weighted by Crippen LogP contribution is 2.13. The van der Waals surface area contributed by atoms with Crippen LogP contribution in [0.3, 0.4) is 0 Å². The van der Waals surface area contributed by atoms with Crippen LogP contribution >= 0.6 is 0 Å². The fraction of sp³-hybridized carbons (Fsp3) is 0.647. The molecule has 0 fully saturated rings. The number of nitrogens with zero attached hydrogens (tertiary/aromatic N) is 1. The first-order chi connectivity index (χ1) is 9.82. The summed E-state index contributed by atoms with van der Waals surface area (Å²) in [5.74, 6) is 0.893. The summed E-state index contributed by atoms with van der Waals surface area (Å²) in [5.41, 5.74) is 0.613. The van der Waals surface area contributed by atoms with Gasteiger partial charge < -0.3 is 20.1 Å². The maximum Gasteiger partial charge on any atom is 0.118 e. The summed E-state index contributed by atoms with van der Waals surface area (Å²) in [6.07, 6.45) is 2.07. The Morgan fingerprint density at radius 3 is 2.43 bits per heavy atom. The van der Waals surface area contributed by atoms with Gasteiger partial charge in [-0.25, -0.2) is 0 Å². The molecule has 0 spiro atoms. The highest BCUT2D eigenvalue weighted by Gasteiger charge is 2.21. The molecular weight excluding hydrogens is 264 g/mol. The molecule has 0 aliphatic carbocycles. The molecule has 0 saturated heterocycles. The standard InChI is InChI=1S/C17H30N2O2/c1-14(18-12-17(2,20)13-19(3)4)6-7-15-8-10-16(21-5)11-9-15/h8-11,14,18,20H,6-7,12-13H2,1-5H3. The Morgan fingerprint density at radius 1 is 1.29 bits per heavy atom. The number of nitrogens with one attached hydrogen (secondary N) is 1. The lowest BCUT2D eigenvalue weighted by molar-refractivity contribution is 0.0316. The van der Waals surface area contributed by atoms with E-state index in [1.54, 1.807) is 7.11 Å². The van der Waals surface area contributed by atoms with Crippen LogP contribution in [0.1, 0.15) is 25.8 Å². The average Bonchev–Trinajstić information content (AvgIpc) is 2.42. The van der Waals surface area contributed by atoms with Crippen LogP contribution in [0.5, 0.6) is 5.75 Å². The summed E-state index contributed by atoms with van der Waals surface area (Å²) in [4.78, 5) is 2.00. The summed E-state index contributed by atoms with van der Waals surface area (Å²) >= 11 is 0. The molecule has 1 aromatic rings. The molecule has 1 rings (SSSR count). The van der Waals surface area contributed by atoms with Crippen LogP contribution in [-0.4, -0.2) is 55.9 Å². The Kier molecular flexibility index (Phi) is 7.15. The molecule has 0 radical (unpaired) electrons. The lowest BCUT2D eigenvalue weighted by Gasteiger charge is -2.28. The Bertz CT molecular complexity index is 402. The molecule has 4 heteroatoms. The van der Waals surface area contributed by atoms with Crippen LogP contribution in [0, 0.1) is 0 Å². The van der Waals surface area contributed by atoms with Gasteiger partial charge in [0.05, 0.1) is 12.7 Å². The molecule has 1 aromatic carbocycles. The zero-order chi connectivity index (χ0) is 15.9. The number of ether oxygens (including phenoxy) is 1. The zero-order valence-corrected chi connectivity index (χ0v) is 14.0. The van der Waals surface area contributed by atoms with Crippen LogP contribution < -0.4 is 10.1 Å². The molecule has 0 heterocycles. The van der Waals surface area contributed by atoms with Crippen LogP contribution in [0.15, 0.2) is 24.3 Å². The molecule has 120 valence electrons. The number of hydrogen-bond donors (Lipinski definition) is 2. The molecule has 21 heavy (non-hydrogen) atoms. The lowest BCUT2D eigenvalue weighted by Crippen LogP contribution is -2.47. The maximum absolute atomic E-state index is 10.3. The monoisotopic (exact) mass is 294 g/mol. The van der Waals surface area contributed by atoms with E-state index in [-0.39, 0.29) is 0 Å². The van der Waals surface area contributed by atoms with Gasteiger partial charge in [-0.05, 0) is 58.5 Å². The van der Waals surface area contributed by atoms with E-state index in [9.17, 15) is 5.11 Å². The lowest BCUT2D eigenvalue weighted by atomic mass is 10.0. The van der Waals surface area contributed by atoms with E-state index in [2.05, 4.69) is 24.4 Å². The Hall–Kier alpha value is -1.10. The van der Waals surface area contributed by atoms with Gasteiger partial charge in [-0.1, -0.05) is 12.1 Å². The molecule has 4 nitrogen and oxygen atoms in total. The summed E-state index contributed by atoms with van der Waals surface area (Å²) in [5, 5.41) is 13.7. The van der Waals surface area contributed by atoms with Gasteiger partial charge in [0.2, 0.25) is 0 Å². The third-order valence-corrected chi connectivity index (χ3v) is 3.51. The van der Waals surface area contributed by atoms with Crippen molar-refractivity contribution in [3.8, 4) is 5.75 Å². The number of rotatable bonds is 9. The smallest absolute Gasteiger partial charge is 0.118 e. The first kappa shape index (κ1) is 18.0. The summed E-state index contributed by atoms with van der Waals surface area (Å²) in [7, 11) is 5.63. The number of methoxy groups -OCH3 is 1. The van der Waals surface area contributed by atoms with Crippen LogP contribution in [0.2, 0.25) is 0 Å². The van der Waals surface area contributed by atoms with Gasteiger partial charge in [0.25, 0.3) is 0 Å². The normalized spacial score (nSPS) is 15.8. The molecule has 0 saturated carbocycles. The molecule has 0 aliphatic heterocycles.